The van der Waals surface area contributed by atoms with E-state index in [0.717, 1.165) is 39.1 Å². The second-order valence-corrected chi connectivity index (χ2v) is 7.11. The maximum Gasteiger partial charge on any atom is 0.227 e. The zero-order valence-electron chi connectivity index (χ0n) is 12.8. The number of nitrogens with one attached hydrogen (secondary N) is 1. The van der Waals surface area contributed by atoms with Gasteiger partial charge in [0.2, 0.25) is 11.8 Å². The molecule has 0 saturated carbocycles. The van der Waals surface area contributed by atoms with E-state index >= 15 is 0 Å². The summed E-state index contributed by atoms with van der Waals surface area (Å²) in [5, 5.41) is 4.92. The van der Waals surface area contributed by atoms with Gasteiger partial charge in [0.15, 0.2) is 0 Å². The van der Waals surface area contributed by atoms with Crippen LogP contribution in [-0.2, 0) is 16.1 Å². The first-order valence-electron chi connectivity index (χ1n) is 8.02. The van der Waals surface area contributed by atoms with Crippen LogP contribution in [0.1, 0.15) is 24.1 Å². The fourth-order valence-corrected chi connectivity index (χ4v) is 3.92. The van der Waals surface area contributed by atoms with Gasteiger partial charge in [-0.3, -0.25) is 14.5 Å². The Morgan fingerprint density at radius 2 is 2.23 bits per heavy atom. The molecule has 1 aromatic heterocycles. The van der Waals surface area contributed by atoms with Crippen LogP contribution in [0.25, 0.3) is 0 Å². The van der Waals surface area contributed by atoms with E-state index in [0.29, 0.717) is 19.4 Å². The van der Waals surface area contributed by atoms with Gasteiger partial charge in [-0.05, 0) is 24.3 Å². The summed E-state index contributed by atoms with van der Waals surface area (Å²) in [6.07, 6.45) is 2.20. The smallest absolute Gasteiger partial charge is 0.227 e. The summed E-state index contributed by atoms with van der Waals surface area (Å²) in [5.41, 5.74) is 0. The van der Waals surface area contributed by atoms with E-state index in [-0.39, 0.29) is 17.7 Å². The monoisotopic (exact) mass is 321 g/mol. The first kappa shape index (κ1) is 15.5. The summed E-state index contributed by atoms with van der Waals surface area (Å²) < 4.78 is 0. The van der Waals surface area contributed by atoms with Crippen LogP contribution in [0, 0.1) is 5.92 Å². The normalized spacial score (nSPS) is 23.9. The number of amides is 2. The van der Waals surface area contributed by atoms with Crippen molar-refractivity contribution in [2.45, 2.75) is 25.8 Å². The first-order chi connectivity index (χ1) is 10.7. The molecule has 5 nitrogen and oxygen atoms in total. The Hall–Kier alpha value is -1.40. The number of carbonyl (C=O) groups excluding carboxylic acids is 2. The lowest BCUT2D eigenvalue weighted by Gasteiger charge is -2.28. The second-order valence-electron chi connectivity index (χ2n) is 6.07. The molecule has 2 saturated heterocycles. The highest BCUT2D eigenvalue weighted by Crippen LogP contribution is 2.17. The van der Waals surface area contributed by atoms with Gasteiger partial charge in [-0.25, -0.2) is 0 Å². The molecule has 0 aliphatic carbocycles. The van der Waals surface area contributed by atoms with Gasteiger partial charge in [-0.2, -0.15) is 0 Å². The molecule has 120 valence electrons. The molecule has 3 rings (SSSR count). The minimum atomic E-state index is -0.0263. The van der Waals surface area contributed by atoms with Crippen LogP contribution in [0.4, 0.5) is 0 Å². The summed E-state index contributed by atoms with van der Waals surface area (Å²) in [4.78, 5) is 29.6. The Balaban J connectivity index is 1.51. The summed E-state index contributed by atoms with van der Waals surface area (Å²) >= 11 is 1.79. The molecule has 0 aromatic carbocycles. The van der Waals surface area contributed by atoms with Gasteiger partial charge in [0.1, 0.15) is 0 Å². The quantitative estimate of drug-likeness (QED) is 0.913. The Kier molecular flexibility index (Phi) is 5.10. The molecular weight excluding hydrogens is 298 g/mol. The van der Waals surface area contributed by atoms with Crippen LogP contribution in [0.15, 0.2) is 17.5 Å². The minimum absolute atomic E-state index is 0.0263. The molecule has 3 heterocycles. The van der Waals surface area contributed by atoms with E-state index in [1.165, 1.54) is 4.88 Å². The third-order valence-electron chi connectivity index (χ3n) is 4.47. The molecule has 1 atom stereocenters. The number of hydrogen-bond donors (Lipinski definition) is 1. The molecule has 1 N–H and O–H groups in total. The predicted molar refractivity (Wildman–Crippen MR) is 86.5 cm³/mol. The van der Waals surface area contributed by atoms with Gasteiger partial charge in [0.05, 0.1) is 5.92 Å². The molecule has 6 heteroatoms. The minimum Gasteiger partial charge on any atom is -0.355 e. The van der Waals surface area contributed by atoms with Crippen molar-refractivity contribution in [1.29, 1.82) is 0 Å². The van der Waals surface area contributed by atoms with E-state index < -0.39 is 0 Å². The molecule has 0 radical (unpaired) electrons. The van der Waals surface area contributed by atoms with E-state index in [1.54, 1.807) is 11.3 Å². The number of nitrogens with zero attached hydrogens (tertiary/aromatic N) is 2. The lowest BCUT2D eigenvalue weighted by molar-refractivity contribution is -0.137. The largest absolute Gasteiger partial charge is 0.355 e. The van der Waals surface area contributed by atoms with Gasteiger partial charge in [-0.15, -0.1) is 11.3 Å². The molecule has 1 aromatic rings. The van der Waals surface area contributed by atoms with Crippen LogP contribution >= 0.6 is 11.3 Å². The molecule has 0 spiro atoms. The number of thiophene rings is 1. The molecule has 2 amide bonds. The molecule has 0 bridgehead atoms. The molecule has 0 unspecified atom stereocenters. The van der Waals surface area contributed by atoms with Crippen LogP contribution in [0.5, 0.6) is 0 Å². The number of piperidine rings is 1. The number of carbonyl (C=O) groups is 2. The Morgan fingerprint density at radius 3 is 2.95 bits per heavy atom. The third-order valence-corrected chi connectivity index (χ3v) is 5.34. The number of rotatable bonds is 3. The second kappa shape index (κ2) is 7.24. The van der Waals surface area contributed by atoms with E-state index in [4.69, 9.17) is 0 Å². The van der Waals surface area contributed by atoms with Crippen LogP contribution in [-0.4, -0.2) is 54.3 Å². The molecule has 2 aliphatic rings. The van der Waals surface area contributed by atoms with Crippen LogP contribution < -0.4 is 5.32 Å². The van der Waals surface area contributed by atoms with E-state index in [9.17, 15) is 9.59 Å². The van der Waals surface area contributed by atoms with Gasteiger partial charge in [-0.1, -0.05) is 6.07 Å². The van der Waals surface area contributed by atoms with Gasteiger partial charge in [0, 0.05) is 50.6 Å². The average molecular weight is 321 g/mol. The molecule has 2 fully saturated rings. The molecule has 22 heavy (non-hydrogen) atoms. The van der Waals surface area contributed by atoms with E-state index in [2.05, 4.69) is 27.7 Å². The zero-order chi connectivity index (χ0) is 15.4. The highest BCUT2D eigenvalue weighted by atomic mass is 32.1. The average Bonchev–Trinajstić information content (AvgIpc) is 2.92. The zero-order valence-corrected chi connectivity index (χ0v) is 13.6. The Morgan fingerprint density at radius 1 is 1.32 bits per heavy atom. The SMILES string of the molecule is O=C1CC[C@H](C(=O)N2CCCN(Cc3cccs3)CC2)CN1. The van der Waals surface area contributed by atoms with Gasteiger partial charge < -0.3 is 10.2 Å². The lowest BCUT2D eigenvalue weighted by Crippen LogP contribution is -2.45. The summed E-state index contributed by atoms with van der Waals surface area (Å²) in [6.45, 7) is 5.11. The van der Waals surface area contributed by atoms with Gasteiger partial charge in [0.25, 0.3) is 0 Å². The fourth-order valence-electron chi connectivity index (χ4n) is 3.17. The van der Waals surface area contributed by atoms with Crippen molar-refractivity contribution >= 4 is 23.2 Å². The predicted octanol–water partition coefficient (Wildman–Crippen LogP) is 1.31. The van der Waals surface area contributed by atoms with Crippen LogP contribution in [0.2, 0.25) is 0 Å². The topological polar surface area (TPSA) is 52.7 Å². The highest BCUT2D eigenvalue weighted by Gasteiger charge is 2.29. The summed E-state index contributed by atoms with van der Waals surface area (Å²) in [7, 11) is 0. The summed E-state index contributed by atoms with van der Waals surface area (Å²) in [6, 6.07) is 4.26. The highest BCUT2D eigenvalue weighted by molar-refractivity contribution is 7.09. The molecule has 2 aliphatic heterocycles. The standard InChI is InChI=1S/C16H23N3O2S/c20-15-5-4-13(11-17-15)16(21)19-7-2-6-18(8-9-19)12-14-3-1-10-22-14/h1,3,10,13H,2,4-9,11-12H2,(H,17,20)/t13-/m0/s1. The van der Waals surface area contributed by atoms with Crippen LogP contribution in [0.3, 0.4) is 0 Å². The van der Waals surface area contributed by atoms with Crippen molar-refractivity contribution in [2.75, 3.05) is 32.7 Å². The van der Waals surface area contributed by atoms with E-state index in [1.807, 2.05) is 4.90 Å². The maximum atomic E-state index is 12.6. The van der Waals surface area contributed by atoms with Crippen molar-refractivity contribution in [3.63, 3.8) is 0 Å². The van der Waals surface area contributed by atoms with Crippen molar-refractivity contribution < 1.29 is 9.59 Å². The Bertz CT molecular complexity index is 507. The molecular formula is C16H23N3O2S. The maximum absolute atomic E-state index is 12.6. The fraction of sp³-hybridized carbons (Fsp3) is 0.625. The van der Waals surface area contributed by atoms with Crippen molar-refractivity contribution in [1.82, 2.24) is 15.1 Å². The lowest BCUT2D eigenvalue weighted by atomic mass is 9.97. The Labute approximate surface area is 135 Å². The first-order valence-corrected chi connectivity index (χ1v) is 8.90. The van der Waals surface area contributed by atoms with Gasteiger partial charge >= 0.3 is 0 Å². The van der Waals surface area contributed by atoms with Crippen molar-refractivity contribution in [3.05, 3.63) is 22.4 Å². The third kappa shape index (κ3) is 3.87. The number of hydrogen-bond acceptors (Lipinski definition) is 4. The summed E-state index contributed by atoms with van der Waals surface area (Å²) in [5.74, 6) is 0.265. The van der Waals surface area contributed by atoms with Crippen molar-refractivity contribution in [3.8, 4) is 0 Å². The van der Waals surface area contributed by atoms with Crippen molar-refractivity contribution in [2.24, 2.45) is 5.92 Å².